The maximum absolute atomic E-state index is 14.1. The van der Waals surface area contributed by atoms with Crippen molar-refractivity contribution in [3.8, 4) is 5.75 Å². The van der Waals surface area contributed by atoms with Crippen molar-refractivity contribution >= 4 is 11.0 Å². The second-order valence-corrected chi connectivity index (χ2v) is 8.51. The summed E-state index contributed by atoms with van der Waals surface area (Å²) in [5.41, 5.74) is 5.54. The molecule has 1 unspecified atom stereocenters. The van der Waals surface area contributed by atoms with E-state index < -0.39 is 0 Å². The van der Waals surface area contributed by atoms with Crippen LogP contribution in [0.2, 0.25) is 0 Å². The lowest BCUT2D eigenvalue weighted by Gasteiger charge is -2.28. The summed E-state index contributed by atoms with van der Waals surface area (Å²) >= 11 is 0. The molecule has 2 heterocycles. The number of hydrogen-bond donors (Lipinski definition) is 1. The van der Waals surface area contributed by atoms with E-state index in [2.05, 4.69) is 6.07 Å². The molecule has 1 atom stereocenters. The van der Waals surface area contributed by atoms with Crippen molar-refractivity contribution in [2.24, 2.45) is 0 Å². The largest absolute Gasteiger partial charge is 0.444 e. The number of rotatable bonds is 4. The van der Waals surface area contributed by atoms with Gasteiger partial charge in [0, 0.05) is 34.1 Å². The molecule has 5 rings (SSSR count). The van der Waals surface area contributed by atoms with Crippen LogP contribution in [0.4, 0.5) is 4.39 Å². The summed E-state index contributed by atoms with van der Waals surface area (Å²) in [5.74, 6) is 0.580. The van der Waals surface area contributed by atoms with Crippen LogP contribution in [0, 0.1) is 19.7 Å². The van der Waals surface area contributed by atoms with Crippen molar-refractivity contribution in [1.29, 1.82) is 0 Å². The van der Waals surface area contributed by atoms with E-state index in [1.165, 1.54) is 6.07 Å². The fourth-order valence-corrected chi connectivity index (χ4v) is 4.59. The third kappa shape index (κ3) is 3.69. The lowest BCUT2D eigenvalue weighted by atomic mass is 9.96. The van der Waals surface area contributed by atoms with E-state index in [1.54, 1.807) is 6.07 Å². The van der Waals surface area contributed by atoms with Crippen molar-refractivity contribution in [2.75, 3.05) is 6.73 Å². The van der Waals surface area contributed by atoms with Gasteiger partial charge in [0.2, 0.25) is 6.73 Å². The number of benzene rings is 3. The molecule has 162 valence electrons. The van der Waals surface area contributed by atoms with Crippen molar-refractivity contribution in [1.82, 2.24) is 0 Å². The Kier molecular flexibility index (Phi) is 5.27. The van der Waals surface area contributed by atoms with Gasteiger partial charge in [0.05, 0.1) is 0 Å². The Morgan fingerprint density at radius 2 is 1.75 bits per heavy atom. The molecule has 0 aliphatic carbocycles. The molecule has 4 aromatic rings. The lowest BCUT2D eigenvalue weighted by molar-refractivity contribution is -0.945. The molecule has 3 aromatic carbocycles. The Balaban J connectivity index is 1.53. The predicted octanol–water partition coefficient (Wildman–Crippen LogP) is 4.07. The SMILES string of the molecule is Cc1c(Cc2ccccc2)c(=O)oc2c(C)c3c(cc12)C[NH+](Cc1ccccc1F)CO3. The van der Waals surface area contributed by atoms with Crippen molar-refractivity contribution in [2.45, 2.75) is 33.4 Å². The molecule has 5 heteroatoms. The Morgan fingerprint density at radius 1 is 1.00 bits per heavy atom. The second kappa shape index (κ2) is 8.24. The summed E-state index contributed by atoms with van der Waals surface area (Å²) in [7, 11) is 0. The summed E-state index contributed by atoms with van der Waals surface area (Å²) in [6.45, 7) is 5.61. The quantitative estimate of drug-likeness (QED) is 0.497. The van der Waals surface area contributed by atoms with Crippen LogP contribution in [0.1, 0.15) is 33.4 Å². The highest BCUT2D eigenvalue weighted by Gasteiger charge is 2.26. The fourth-order valence-electron chi connectivity index (χ4n) is 4.59. The minimum absolute atomic E-state index is 0.191. The highest BCUT2D eigenvalue weighted by molar-refractivity contribution is 5.87. The van der Waals surface area contributed by atoms with Gasteiger partial charge in [0.15, 0.2) is 0 Å². The standard InChI is InChI=1S/C27H24FNO3/c1-17-22-13-21-15-29(14-20-10-6-7-11-24(20)28)16-31-25(21)18(2)26(22)32-27(30)23(17)12-19-8-4-3-5-9-19/h3-11,13H,12,14-16H2,1-2H3/p+1. The van der Waals surface area contributed by atoms with Gasteiger partial charge in [-0.25, -0.2) is 9.18 Å². The van der Waals surface area contributed by atoms with Crippen LogP contribution in [0.5, 0.6) is 5.75 Å². The van der Waals surface area contributed by atoms with E-state index in [0.717, 1.165) is 38.3 Å². The van der Waals surface area contributed by atoms with Crippen molar-refractivity contribution < 1.29 is 18.4 Å². The first kappa shape index (κ1) is 20.5. The van der Waals surface area contributed by atoms with E-state index >= 15 is 0 Å². The molecule has 0 radical (unpaired) electrons. The minimum atomic E-state index is -0.301. The topological polar surface area (TPSA) is 43.9 Å². The molecule has 1 aliphatic rings. The van der Waals surface area contributed by atoms with Gasteiger partial charge in [-0.05, 0) is 37.1 Å². The van der Waals surface area contributed by atoms with Gasteiger partial charge in [-0.3, -0.25) is 4.90 Å². The van der Waals surface area contributed by atoms with Crippen LogP contribution in [-0.2, 0) is 19.5 Å². The average Bonchev–Trinajstić information content (AvgIpc) is 2.80. The summed E-state index contributed by atoms with van der Waals surface area (Å²) < 4.78 is 26.0. The monoisotopic (exact) mass is 430 g/mol. The van der Waals surface area contributed by atoms with Gasteiger partial charge in [0.1, 0.15) is 30.2 Å². The third-order valence-corrected chi connectivity index (χ3v) is 6.32. The molecule has 1 aliphatic heterocycles. The Morgan fingerprint density at radius 3 is 2.53 bits per heavy atom. The predicted molar refractivity (Wildman–Crippen MR) is 121 cm³/mol. The lowest BCUT2D eigenvalue weighted by Crippen LogP contribution is -3.11. The summed E-state index contributed by atoms with van der Waals surface area (Å²) in [6.07, 6.45) is 0.530. The molecular weight excluding hydrogens is 405 g/mol. The first-order chi connectivity index (χ1) is 15.5. The number of hydrogen-bond acceptors (Lipinski definition) is 3. The number of aryl methyl sites for hydroxylation is 2. The molecule has 0 saturated heterocycles. The molecule has 0 saturated carbocycles. The normalized spacial score (nSPS) is 15.4. The van der Waals surface area contributed by atoms with Crippen LogP contribution in [0.25, 0.3) is 11.0 Å². The maximum Gasteiger partial charge on any atom is 0.340 e. The molecule has 32 heavy (non-hydrogen) atoms. The second-order valence-electron chi connectivity index (χ2n) is 8.51. The average molecular weight is 430 g/mol. The zero-order chi connectivity index (χ0) is 22.2. The molecular formula is C27H25FNO3+. The summed E-state index contributed by atoms with van der Waals surface area (Å²) in [4.78, 5) is 13.9. The van der Waals surface area contributed by atoms with Gasteiger partial charge in [0.25, 0.3) is 0 Å². The van der Waals surface area contributed by atoms with Crippen LogP contribution >= 0.6 is 0 Å². The zero-order valence-electron chi connectivity index (χ0n) is 18.2. The summed E-state index contributed by atoms with van der Waals surface area (Å²) in [6, 6.07) is 18.9. The molecule has 0 fully saturated rings. The zero-order valence-corrected chi connectivity index (χ0v) is 18.2. The van der Waals surface area contributed by atoms with E-state index in [0.29, 0.717) is 43.0 Å². The first-order valence-corrected chi connectivity index (χ1v) is 10.8. The van der Waals surface area contributed by atoms with Crippen LogP contribution in [-0.4, -0.2) is 6.73 Å². The maximum atomic E-state index is 14.1. The highest BCUT2D eigenvalue weighted by atomic mass is 19.1. The van der Waals surface area contributed by atoms with Gasteiger partial charge < -0.3 is 9.15 Å². The van der Waals surface area contributed by atoms with Crippen LogP contribution in [0.15, 0.2) is 69.9 Å². The van der Waals surface area contributed by atoms with Gasteiger partial charge in [-0.15, -0.1) is 0 Å². The van der Waals surface area contributed by atoms with Gasteiger partial charge in [-0.2, -0.15) is 0 Å². The van der Waals surface area contributed by atoms with E-state index in [9.17, 15) is 9.18 Å². The minimum Gasteiger partial charge on any atom is -0.444 e. The first-order valence-electron chi connectivity index (χ1n) is 10.8. The number of ether oxygens (including phenoxy) is 1. The third-order valence-electron chi connectivity index (χ3n) is 6.32. The molecule has 0 amide bonds. The van der Waals surface area contributed by atoms with Crippen molar-refractivity contribution in [3.05, 3.63) is 110 Å². The Bertz CT molecular complexity index is 1360. The molecule has 0 spiro atoms. The summed E-state index contributed by atoms with van der Waals surface area (Å²) in [5, 5.41) is 0.933. The van der Waals surface area contributed by atoms with Crippen LogP contribution < -0.4 is 15.3 Å². The van der Waals surface area contributed by atoms with Gasteiger partial charge in [-0.1, -0.05) is 48.5 Å². The Labute approximate surface area is 185 Å². The fraction of sp³-hybridized carbons (Fsp3) is 0.222. The molecule has 1 N–H and O–H groups in total. The number of halogens is 1. The number of nitrogens with one attached hydrogen (secondary N) is 1. The van der Waals surface area contributed by atoms with E-state index in [4.69, 9.17) is 9.15 Å². The number of fused-ring (bicyclic) bond motifs is 2. The van der Waals surface area contributed by atoms with E-state index in [1.807, 2.05) is 56.3 Å². The van der Waals surface area contributed by atoms with Crippen molar-refractivity contribution in [3.63, 3.8) is 0 Å². The Hall–Kier alpha value is -3.44. The van der Waals surface area contributed by atoms with E-state index in [-0.39, 0.29) is 11.4 Å². The van der Waals surface area contributed by atoms with Crippen LogP contribution in [0.3, 0.4) is 0 Å². The molecule has 1 aromatic heterocycles. The smallest absolute Gasteiger partial charge is 0.340 e. The van der Waals surface area contributed by atoms with Gasteiger partial charge >= 0.3 is 5.63 Å². The molecule has 0 bridgehead atoms. The highest BCUT2D eigenvalue weighted by Crippen LogP contribution is 2.34. The number of quaternary nitrogens is 1. The molecule has 4 nitrogen and oxygen atoms in total.